The molecule has 0 aromatic heterocycles. The van der Waals surface area contributed by atoms with Crippen molar-refractivity contribution in [2.75, 3.05) is 26.2 Å². The number of hydrogen-bond donors (Lipinski definition) is 0. The van der Waals surface area contributed by atoms with Crippen molar-refractivity contribution >= 4 is 0 Å². The molecule has 3 heteroatoms. The molecule has 20 heavy (non-hydrogen) atoms. The van der Waals surface area contributed by atoms with Crippen LogP contribution in [0.15, 0.2) is 24.3 Å². The zero-order chi connectivity index (χ0) is 14.4. The Hall–Kier alpha value is -1.37. The van der Waals surface area contributed by atoms with Gasteiger partial charge in [-0.2, -0.15) is 5.26 Å². The maximum atomic E-state index is 9.24. The lowest BCUT2D eigenvalue weighted by molar-refractivity contribution is 0.106. The van der Waals surface area contributed by atoms with E-state index < -0.39 is 0 Å². The minimum Gasteiger partial charge on any atom is -0.297 e. The number of piperazine rings is 1. The average molecular weight is 271 g/mol. The van der Waals surface area contributed by atoms with E-state index in [1.165, 1.54) is 11.1 Å². The van der Waals surface area contributed by atoms with Crippen molar-refractivity contribution in [1.29, 1.82) is 5.26 Å². The van der Waals surface area contributed by atoms with E-state index in [-0.39, 0.29) is 6.04 Å². The van der Waals surface area contributed by atoms with Crippen molar-refractivity contribution in [2.45, 2.75) is 39.3 Å². The molecule has 1 atom stereocenters. The van der Waals surface area contributed by atoms with Gasteiger partial charge in [-0.25, -0.2) is 0 Å². The maximum absolute atomic E-state index is 9.24. The summed E-state index contributed by atoms with van der Waals surface area (Å²) in [5.41, 5.74) is 2.72. The SMILES string of the molecule is CCCC(C#N)N1CCN(Cc2cccc(C)c2)CC1. The molecule has 1 aliphatic heterocycles. The zero-order valence-electron chi connectivity index (χ0n) is 12.7. The van der Waals surface area contributed by atoms with Crippen LogP contribution in [0.3, 0.4) is 0 Å². The molecular formula is C17H25N3. The number of nitrogens with zero attached hydrogens (tertiary/aromatic N) is 3. The fourth-order valence-electron chi connectivity index (χ4n) is 2.90. The van der Waals surface area contributed by atoms with Crippen LogP contribution in [-0.4, -0.2) is 42.0 Å². The summed E-state index contributed by atoms with van der Waals surface area (Å²) in [6, 6.07) is 11.3. The summed E-state index contributed by atoms with van der Waals surface area (Å²) < 4.78 is 0. The van der Waals surface area contributed by atoms with Gasteiger partial charge >= 0.3 is 0 Å². The van der Waals surface area contributed by atoms with Crippen molar-refractivity contribution in [3.63, 3.8) is 0 Å². The lowest BCUT2D eigenvalue weighted by Crippen LogP contribution is -2.49. The topological polar surface area (TPSA) is 30.3 Å². The highest BCUT2D eigenvalue weighted by Gasteiger charge is 2.22. The van der Waals surface area contributed by atoms with Gasteiger partial charge in [0.2, 0.25) is 0 Å². The van der Waals surface area contributed by atoms with Crippen LogP contribution in [0.1, 0.15) is 30.9 Å². The smallest absolute Gasteiger partial charge is 0.0978 e. The van der Waals surface area contributed by atoms with Crippen molar-refractivity contribution in [3.05, 3.63) is 35.4 Å². The van der Waals surface area contributed by atoms with Crippen LogP contribution in [0.2, 0.25) is 0 Å². The molecule has 0 bridgehead atoms. The summed E-state index contributed by atoms with van der Waals surface area (Å²) >= 11 is 0. The molecule has 0 amide bonds. The van der Waals surface area contributed by atoms with E-state index in [0.29, 0.717) is 0 Å². The van der Waals surface area contributed by atoms with Crippen molar-refractivity contribution < 1.29 is 0 Å². The van der Waals surface area contributed by atoms with Gasteiger partial charge in [0.15, 0.2) is 0 Å². The second-order valence-corrected chi connectivity index (χ2v) is 5.73. The Morgan fingerprint density at radius 3 is 2.60 bits per heavy atom. The van der Waals surface area contributed by atoms with E-state index in [1.807, 2.05) is 0 Å². The molecule has 1 fully saturated rings. The highest BCUT2D eigenvalue weighted by Crippen LogP contribution is 2.13. The molecule has 1 aliphatic rings. The largest absolute Gasteiger partial charge is 0.297 e. The van der Waals surface area contributed by atoms with E-state index in [9.17, 15) is 5.26 Å². The van der Waals surface area contributed by atoms with Gasteiger partial charge in [-0.3, -0.25) is 9.80 Å². The molecule has 0 radical (unpaired) electrons. The van der Waals surface area contributed by atoms with Gasteiger partial charge in [0.25, 0.3) is 0 Å². The van der Waals surface area contributed by atoms with Crippen LogP contribution in [0.4, 0.5) is 0 Å². The number of rotatable bonds is 5. The monoisotopic (exact) mass is 271 g/mol. The summed E-state index contributed by atoms with van der Waals surface area (Å²) in [7, 11) is 0. The highest BCUT2D eigenvalue weighted by atomic mass is 15.3. The number of benzene rings is 1. The molecule has 0 spiro atoms. The van der Waals surface area contributed by atoms with Crippen LogP contribution in [0.5, 0.6) is 0 Å². The quantitative estimate of drug-likeness (QED) is 0.825. The first-order chi connectivity index (χ1) is 9.72. The minimum atomic E-state index is 0.112. The van der Waals surface area contributed by atoms with Crippen LogP contribution in [0, 0.1) is 18.3 Å². The third kappa shape index (κ3) is 4.06. The van der Waals surface area contributed by atoms with E-state index in [4.69, 9.17) is 0 Å². The Bertz CT molecular complexity index is 456. The van der Waals surface area contributed by atoms with Crippen LogP contribution >= 0.6 is 0 Å². The normalized spacial score (nSPS) is 18.6. The van der Waals surface area contributed by atoms with Gasteiger partial charge in [0.05, 0.1) is 12.1 Å². The number of hydrogen-bond acceptors (Lipinski definition) is 3. The fraction of sp³-hybridized carbons (Fsp3) is 0.588. The highest BCUT2D eigenvalue weighted by molar-refractivity contribution is 5.22. The first kappa shape index (κ1) is 15.0. The second kappa shape index (κ2) is 7.42. The van der Waals surface area contributed by atoms with Crippen LogP contribution in [0.25, 0.3) is 0 Å². The molecule has 1 aromatic carbocycles. The fourth-order valence-corrected chi connectivity index (χ4v) is 2.90. The summed E-state index contributed by atoms with van der Waals surface area (Å²) in [6.45, 7) is 9.49. The van der Waals surface area contributed by atoms with Crippen molar-refractivity contribution in [3.8, 4) is 6.07 Å². The molecule has 2 rings (SSSR count). The summed E-state index contributed by atoms with van der Waals surface area (Å²) in [5, 5.41) is 9.24. The molecule has 108 valence electrons. The predicted molar refractivity (Wildman–Crippen MR) is 82.3 cm³/mol. The molecule has 1 saturated heterocycles. The number of nitriles is 1. The molecule has 1 unspecified atom stereocenters. The summed E-state index contributed by atoms with van der Waals surface area (Å²) in [6.07, 6.45) is 2.08. The molecule has 1 heterocycles. The van der Waals surface area contributed by atoms with Gasteiger partial charge in [-0.05, 0) is 18.9 Å². The van der Waals surface area contributed by atoms with E-state index in [1.54, 1.807) is 0 Å². The van der Waals surface area contributed by atoms with E-state index >= 15 is 0 Å². The van der Waals surface area contributed by atoms with Gasteiger partial charge in [-0.1, -0.05) is 43.2 Å². The number of aryl methyl sites for hydroxylation is 1. The van der Waals surface area contributed by atoms with Crippen LogP contribution in [-0.2, 0) is 6.54 Å². The Labute approximate surface area is 122 Å². The first-order valence-corrected chi connectivity index (χ1v) is 7.64. The predicted octanol–water partition coefficient (Wildman–Crippen LogP) is 2.80. The Balaban J connectivity index is 1.84. The zero-order valence-corrected chi connectivity index (χ0v) is 12.7. The molecule has 1 aromatic rings. The average Bonchev–Trinajstić information content (AvgIpc) is 2.46. The lowest BCUT2D eigenvalue weighted by Gasteiger charge is -2.37. The summed E-state index contributed by atoms with van der Waals surface area (Å²) in [5.74, 6) is 0. The molecule has 0 aliphatic carbocycles. The van der Waals surface area contributed by atoms with Gasteiger partial charge < -0.3 is 0 Å². The maximum Gasteiger partial charge on any atom is 0.0978 e. The molecule has 0 N–H and O–H groups in total. The standard InChI is InChI=1S/C17H25N3/c1-3-5-17(13-18)20-10-8-19(9-11-20)14-16-7-4-6-15(2)12-16/h4,6-7,12,17H,3,5,8-11,14H2,1-2H3. The lowest BCUT2D eigenvalue weighted by atomic mass is 10.1. The third-order valence-corrected chi connectivity index (χ3v) is 4.05. The van der Waals surface area contributed by atoms with Gasteiger partial charge in [0, 0.05) is 32.7 Å². The Morgan fingerprint density at radius 2 is 2.00 bits per heavy atom. The Morgan fingerprint density at radius 1 is 1.25 bits per heavy atom. The van der Waals surface area contributed by atoms with Crippen molar-refractivity contribution in [2.24, 2.45) is 0 Å². The first-order valence-electron chi connectivity index (χ1n) is 7.64. The van der Waals surface area contributed by atoms with Gasteiger partial charge in [0.1, 0.15) is 0 Å². The van der Waals surface area contributed by atoms with Gasteiger partial charge in [-0.15, -0.1) is 0 Å². The van der Waals surface area contributed by atoms with Crippen molar-refractivity contribution in [1.82, 2.24) is 9.80 Å². The summed E-state index contributed by atoms with van der Waals surface area (Å²) in [4.78, 5) is 4.84. The minimum absolute atomic E-state index is 0.112. The van der Waals surface area contributed by atoms with E-state index in [0.717, 1.165) is 45.6 Å². The van der Waals surface area contributed by atoms with Crippen LogP contribution < -0.4 is 0 Å². The molecule has 3 nitrogen and oxygen atoms in total. The Kier molecular flexibility index (Phi) is 5.58. The molecule has 0 saturated carbocycles. The van der Waals surface area contributed by atoms with E-state index in [2.05, 4.69) is 54.0 Å². The molecular weight excluding hydrogens is 246 g/mol. The second-order valence-electron chi connectivity index (χ2n) is 5.73. The third-order valence-electron chi connectivity index (χ3n) is 4.05.